The van der Waals surface area contributed by atoms with Crippen LogP contribution in [0.2, 0.25) is 0 Å². The van der Waals surface area contributed by atoms with E-state index in [-0.39, 0.29) is 17.2 Å². The fraction of sp³-hybridized carbons (Fsp3) is 0.231. The molecule has 2 rings (SSSR count). The lowest BCUT2D eigenvalue weighted by Crippen LogP contribution is -2.15. The van der Waals surface area contributed by atoms with Crippen molar-refractivity contribution in [3.63, 3.8) is 0 Å². The van der Waals surface area contributed by atoms with Crippen LogP contribution in [0.15, 0.2) is 18.2 Å². The normalized spacial score (nSPS) is 10.8. The number of H-pyrrole nitrogens is 1. The summed E-state index contributed by atoms with van der Waals surface area (Å²) in [6.07, 6.45) is 0. The number of anilines is 2. The van der Waals surface area contributed by atoms with Gasteiger partial charge in [-0.1, -0.05) is 13.8 Å². The molecule has 1 heterocycles. The SMILES string of the molecule is CC(C)c1cc(NC(=O)c2cc(F)c(F)cc2N)n[nH]1. The Bertz CT molecular complexity index is 652. The highest BCUT2D eigenvalue weighted by Crippen LogP contribution is 2.19. The van der Waals surface area contributed by atoms with Crippen molar-refractivity contribution in [3.8, 4) is 0 Å². The molecule has 0 bridgehead atoms. The van der Waals surface area contributed by atoms with Gasteiger partial charge in [-0.25, -0.2) is 8.78 Å². The average molecular weight is 280 g/mol. The van der Waals surface area contributed by atoms with Crippen molar-refractivity contribution in [3.05, 3.63) is 41.1 Å². The van der Waals surface area contributed by atoms with E-state index in [0.29, 0.717) is 5.82 Å². The third-order valence-electron chi connectivity index (χ3n) is 2.80. The molecule has 0 saturated heterocycles. The maximum absolute atomic E-state index is 13.1. The number of hydrogen-bond acceptors (Lipinski definition) is 3. The number of nitrogens with zero attached hydrogens (tertiary/aromatic N) is 1. The number of aromatic nitrogens is 2. The number of nitrogens with two attached hydrogens (primary N) is 1. The van der Waals surface area contributed by atoms with E-state index < -0.39 is 17.5 Å². The maximum Gasteiger partial charge on any atom is 0.259 e. The summed E-state index contributed by atoms with van der Waals surface area (Å²) in [6, 6.07) is 3.20. The molecule has 1 aromatic heterocycles. The predicted octanol–water partition coefficient (Wildman–Crippen LogP) is 2.65. The zero-order valence-corrected chi connectivity index (χ0v) is 11.0. The van der Waals surface area contributed by atoms with Crippen molar-refractivity contribution in [2.45, 2.75) is 19.8 Å². The number of hydrogen-bond donors (Lipinski definition) is 3. The van der Waals surface area contributed by atoms with Crippen molar-refractivity contribution >= 4 is 17.4 Å². The van der Waals surface area contributed by atoms with E-state index in [0.717, 1.165) is 17.8 Å². The van der Waals surface area contributed by atoms with E-state index >= 15 is 0 Å². The van der Waals surface area contributed by atoms with Crippen molar-refractivity contribution < 1.29 is 13.6 Å². The van der Waals surface area contributed by atoms with Gasteiger partial charge in [0.2, 0.25) is 0 Å². The van der Waals surface area contributed by atoms with Crippen LogP contribution in [0.25, 0.3) is 0 Å². The van der Waals surface area contributed by atoms with E-state index in [1.807, 2.05) is 13.8 Å². The van der Waals surface area contributed by atoms with Gasteiger partial charge >= 0.3 is 0 Å². The Morgan fingerprint density at radius 1 is 1.30 bits per heavy atom. The highest BCUT2D eigenvalue weighted by molar-refractivity contribution is 6.07. The predicted molar refractivity (Wildman–Crippen MR) is 71.4 cm³/mol. The topological polar surface area (TPSA) is 83.8 Å². The molecule has 0 fully saturated rings. The van der Waals surface area contributed by atoms with Gasteiger partial charge in [0, 0.05) is 23.5 Å². The first-order chi connectivity index (χ1) is 9.38. The van der Waals surface area contributed by atoms with Crippen LogP contribution in [0, 0.1) is 11.6 Å². The van der Waals surface area contributed by atoms with Crippen LogP contribution in [0.4, 0.5) is 20.3 Å². The fourth-order valence-electron chi connectivity index (χ4n) is 1.64. The second-order valence-electron chi connectivity index (χ2n) is 4.67. The standard InChI is InChI=1S/C13H14F2N4O/c1-6(2)11-5-12(19-18-11)17-13(20)7-3-8(14)9(15)4-10(7)16/h3-6H,16H2,1-2H3,(H2,17,18,19,20). The quantitative estimate of drug-likeness (QED) is 0.756. The summed E-state index contributed by atoms with van der Waals surface area (Å²) in [5.74, 6) is -2.36. The number of nitrogen functional groups attached to an aromatic ring is 1. The van der Waals surface area contributed by atoms with Crippen LogP contribution in [-0.4, -0.2) is 16.1 Å². The zero-order chi connectivity index (χ0) is 14.9. The largest absolute Gasteiger partial charge is 0.398 e. The Kier molecular flexibility index (Phi) is 3.69. The third-order valence-corrected chi connectivity index (χ3v) is 2.80. The lowest BCUT2D eigenvalue weighted by Gasteiger charge is -2.06. The first kappa shape index (κ1) is 14.0. The Labute approximate surface area is 114 Å². The third kappa shape index (κ3) is 2.76. The molecule has 1 aromatic carbocycles. The summed E-state index contributed by atoms with van der Waals surface area (Å²) in [4.78, 5) is 11.9. The van der Waals surface area contributed by atoms with Crippen LogP contribution in [0.3, 0.4) is 0 Å². The van der Waals surface area contributed by atoms with Gasteiger partial charge in [0.05, 0.1) is 5.56 Å². The van der Waals surface area contributed by atoms with E-state index in [2.05, 4.69) is 15.5 Å². The number of benzene rings is 1. The van der Waals surface area contributed by atoms with Crippen LogP contribution in [-0.2, 0) is 0 Å². The average Bonchev–Trinajstić information content (AvgIpc) is 2.82. The fourth-order valence-corrected chi connectivity index (χ4v) is 1.64. The van der Waals surface area contributed by atoms with Crippen molar-refractivity contribution in [2.24, 2.45) is 0 Å². The number of carbonyl (C=O) groups is 1. The Balaban J connectivity index is 2.21. The molecule has 0 saturated carbocycles. The molecule has 0 unspecified atom stereocenters. The smallest absolute Gasteiger partial charge is 0.259 e. The zero-order valence-electron chi connectivity index (χ0n) is 11.0. The number of nitrogens with one attached hydrogen (secondary N) is 2. The van der Waals surface area contributed by atoms with E-state index in [1.165, 1.54) is 0 Å². The highest BCUT2D eigenvalue weighted by atomic mass is 19.2. The molecule has 0 aliphatic heterocycles. The van der Waals surface area contributed by atoms with Gasteiger partial charge in [0.1, 0.15) is 0 Å². The summed E-state index contributed by atoms with van der Waals surface area (Å²) in [6.45, 7) is 3.93. The first-order valence-corrected chi connectivity index (χ1v) is 5.99. The van der Waals surface area contributed by atoms with Crippen LogP contribution >= 0.6 is 0 Å². The number of halogens is 2. The van der Waals surface area contributed by atoms with Gasteiger partial charge in [0.25, 0.3) is 5.91 Å². The molecule has 7 heteroatoms. The number of amides is 1. The molecule has 4 N–H and O–H groups in total. The molecule has 20 heavy (non-hydrogen) atoms. The van der Waals surface area contributed by atoms with E-state index in [4.69, 9.17) is 5.73 Å². The molecular weight excluding hydrogens is 266 g/mol. The molecule has 106 valence electrons. The van der Waals surface area contributed by atoms with Gasteiger partial charge in [-0.2, -0.15) is 5.10 Å². The molecular formula is C13H14F2N4O. The monoisotopic (exact) mass is 280 g/mol. The Hall–Kier alpha value is -2.44. The molecule has 0 radical (unpaired) electrons. The minimum absolute atomic E-state index is 0.138. The first-order valence-electron chi connectivity index (χ1n) is 5.99. The van der Waals surface area contributed by atoms with Gasteiger partial charge in [-0.05, 0) is 12.0 Å². The lowest BCUT2D eigenvalue weighted by molar-refractivity contribution is 0.102. The Morgan fingerprint density at radius 2 is 1.95 bits per heavy atom. The molecule has 0 atom stereocenters. The molecule has 1 amide bonds. The molecule has 2 aromatic rings. The second-order valence-corrected chi connectivity index (χ2v) is 4.67. The maximum atomic E-state index is 13.1. The number of rotatable bonds is 3. The minimum Gasteiger partial charge on any atom is -0.398 e. The van der Waals surface area contributed by atoms with Gasteiger partial charge in [-0.15, -0.1) is 0 Å². The van der Waals surface area contributed by atoms with E-state index in [9.17, 15) is 13.6 Å². The lowest BCUT2D eigenvalue weighted by atomic mass is 10.1. The molecule has 0 aliphatic carbocycles. The second kappa shape index (κ2) is 5.28. The van der Waals surface area contributed by atoms with Gasteiger partial charge in [-0.3, -0.25) is 9.89 Å². The molecule has 0 aliphatic rings. The molecule has 0 spiro atoms. The van der Waals surface area contributed by atoms with Crippen LogP contribution in [0.5, 0.6) is 0 Å². The number of aromatic amines is 1. The summed E-state index contributed by atoms with van der Waals surface area (Å²) in [5.41, 5.74) is 6.07. The summed E-state index contributed by atoms with van der Waals surface area (Å²) < 4.78 is 26.1. The van der Waals surface area contributed by atoms with Crippen molar-refractivity contribution in [2.75, 3.05) is 11.1 Å². The Morgan fingerprint density at radius 3 is 2.55 bits per heavy atom. The van der Waals surface area contributed by atoms with Crippen LogP contribution < -0.4 is 11.1 Å². The molecule has 5 nitrogen and oxygen atoms in total. The van der Waals surface area contributed by atoms with Gasteiger partial charge < -0.3 is 11.1 Å². The minimum atomic E-state index is -1.13. The van der Waals surface area contributed by atoms with Crippen LogP contribution in [0.1, 0.15) is 35.8 Å². The summed E-state index contributed by atoms with van der Waals surface area (Å²) >= 11 is 0. The highest BCUT2D eigenvalue weighted by Gasteiger charge is 2.16. The number of carbonyl (C=O) groups excluding carboxylic acids is 1. The van der Waals surface area contributed by atoms with Gasteiger partial charge in [0.15, 0.2) is 17.5 Å². The summed E-state index contributed by atoms with van der Waals surface area (Å²) in [5, 5.41) is 9.14. The van der Waals surface area contributed by atoms with E-state index in [1.54, 1.807) is 6.07 Å². The van der Waals surface area contributed by atoms with Crippen molar-refractivity contribution in [1.29, 1.82) is 0 Å². The summed E-state index contributed by atoms with van der Waals surface area (Å²) in [7, 11) is 0. The van der Waals surface area contributed by atoms with Crippen molar-refractivity contribution in [1.82, 2.24) is 10.2 Å².